The molecule has 37 heavy (non-hydrogen) atoms. The summed E-state index contributed by atoms with van der Waals surface area (Å²) in [5, 5.41) is 9.82. The van der Waals surface area contributed by atoms with Crippen LogP contribution in [0, 0.1) is 6.92 Å². The Balaban J connectivity index is 1.54. The minimum absolute atomic E-state index is 0.0554. The minimum Gasteiger partial charge on any atom is -0.280 e. The predicted molar refractivity (Wildman–Crippen MR) is 152 cm³/mol. The van der Waals surface area contributed by atoms with E-state index in [1.807, 2.05) is 122 Å². The number of hydrogen-bond donors (Lipinski definition) is 0. The van der Waals surface area contributed by atoms with Gasteiger partial charge in [-0.15, -0.1) is 10.2 Å². The lowest BCUT2D eigenvalue weighted by Crippen LogP contribution is -2.33. The van der Waals surface area contributed by atoms with Gasteiger partial charge in [0.1, 0.15) is 0 Å². The number of nitrogens with zero attached hydrogens (tertiary/aromatic N) is 4. The molecule has 5 nitrogen and oxygen atoms in total. The number of benzene rings is 4. The third kappa shape index (κ3) is 5.45. The number of hydrogen-bond acceptors (Lipinski definition) is 4. The molecule has 0 fully saturated rings. The Morgan fingerprint density at radius 1 is 0.838 bits per heavy atom. The van der Waals surface area contributed by atoms with Crippen LogP contribution in [0.2, 0.25) is 5.02 Å². The molecule has 0 saturated heterocycles. The molecule has 4 aromatic carbocycles. The van der Waals surface area contributed by atoms with Gasteiger partial charge in [-0.3, -0.25) is 14.3 Å². The summed E-state index contributed by atoms with van der Waals surface area (Å²) in [4.78, 5) is 15.6. The van der Waals surface area contributed by atoms with Crippen LogP contribution in [0.5, 0.6) is 0 Å². The average molecular weight is 525 g/mol. The van der Waals surface area contributed by atoms with E-state index in [2.05, 4.69) is 16.3 Å². The molecule has 0 radical (unpaired) electrons. The minimum atomic E-state index is -0.451. The number of para-hydroxylation sites is 2. The second-order valence-electron chi connectivity index (χ2n) is 8.60. The number of rotatable bonds is 7. The summed E-state index contributed by atoms with van der Waals surface area (Å²) in [5.41, 5.74) is 4.51. The molecule has 0 aliphatic carbocycles. The van der Waals surface area contributed by atoms with Gasteiger partial charge in [-0.05, 0) is 62.4 Å². The zero-order chi connectivity index (χ0) is 25.8. The fourth-order valence-electron chi connectivity index (χ4n) is 4.11. The smallest absolute Gasteiger partial charge is 0.244 e. The first-order valence-corrected chi connectivity index (χ1v) is 13.2. The van der Waals surface area contributed by atoms with E-state index >= 15 is 0 Å². The van der Waals surface area contributed by atoms with Gasteiger partial charge in [-0.1, -0.05) is 89.6 Å². The summed E-state index contributed by atoms with van der Waals surface area (Å²) in [6.07, 6.45) is 0. The summed E-state index contributed by atoms with van der Waals surface area (Å²) >= 11 is 7.72. The number of carbonyl (C=O) groups is 1. The van der Waals surface area contributed by atoms with E-state index < -0.39 is 5.25 Å². The maximum absolute atomic E-state index is 13.9. The normalized spacial score (nSPS) is 11.8. The summed E-state index contributed by atoms with van der Waals surface area (Å²) < 4.78 is 1.96. The van der Waals surface area contributed by atoms with Gasteiger partial charge in [0.15, 0.2) is 11.0 Å². The van der Waals surface area contributed by atoms with Gasteiger partial charge in [0, 0.05) is 22.0 Å². The summed E-state index contributed by atoms with van der Waals surface area (Å²) in [6.45, 7) is 3.94. The van der Waals surface area contributed by atoms with Gasteiger partial charge >= 0.3 is 0 Å². The Labute approximate surface area is 225 Å². The third-order valence-corrected chi connectivity index (χ3v) is 7.12. The fraction of sp³-hybridized carbons (Fsp3) is 0.100. The molecule has 1 aromatic heterocycles. The highest BCUT2D eigenvalue weighted by molar-refractivity contribution is 8.00. The van der Waals surface area contributed by atoms with E-state index in [4.69, 9.17) is 11.6 Å². The first kappa shape index (κ1) is 24.8. The zero-order valence-corrected chi connectivity index (χ0v) is 22.0. The van der Waals surface area contributed by atoms with E-state index in [9.17, 15) is 4.79 Å². The van der Waals surface area contributed by atoms with Crippen LogP contribution in [-0.4, -0.2) is 25.9 Å². The molecular weight excluding hydrogens is 500 g/mol. The maximum atomic E-state index is 13.9. The second kappa shape index (κ2) is 11.0. The van der Waals surface area contributed by atoms with Crippen LogP contribution in [0.3, 0.4) is 0 Å². The van der Waals surface area contributed by atoms with Crippen LogP contribution in [0.1, 0.15) is 12.5 Å². The number of aryl methyl sites for hydroxylation is 1. The number of amides is 1. The lowest BCUT2D eigenvalue weighted by molar-refractivity contribution is -0.117. The molecule has 184 valence electrons. The van der Waals surface area contributed by atoms with Gasteiger partial charge in [-0.2, -0.15) is 0 Å². The van der Waals surface area contributed by atoms with Gasteiger partial charge in [0.25, 0.3) is 0 Å². The Kier molecular flexibility index (Phi) is 7.40. The number of aromatic nitrogens is 3. The summed E-state index contributed by atoms with van der Waals surface area (Å²) in [5.74, 6) is 0.635. The highest BCUT2D eigenvalue weighted by atomic mass is 35.5. The molecule has 0 spiro atoms. The van der Waals surface area contributed by atoms with Crippen molar-refractivity contribution in [3.63, 3.8) is 0 Å². The molecule has 5 rings (SSSR count). The molecular formula is C30H25ClN4OS. The Morgan fingerprint density at radius 2 is 1.49 bits per heavy atom. The molecule has 0 saturated carbocycles. The largest absolute Gasteiger partial charge is 0.280 e. The quantitative estimate of drug-likeness (QED) is 0.204. The molecule has 0 aliphatic heterocycles. The van der Waals surface area contributed by atoms with Crippen LogP contribution in [0.25, 0.3) is 17.1 Å². The van der Waals surface area contributed by atoms with E-state index in [1.165, 1.54) is 11.8 Å². The van der Waals surface area contributed by atoms with E-state index in [-0.39, 0.29) is 5.91 Å². The number of carbonyl (C=O) groups excluding carboxylic acids is 1. The Hall–Kier alpha value is -3.87. The Morgan fingerprint density at radius 3 is 2.11 bits per heavy atom. The van der Waals surface area contributed by atoms with Crippen molar-refractivity contribution in [2.75, 3.05) is 4.90 Å². The van der Waals surface area contributed by atoms with Gasteiger partial charge in [0.2, 0.25) is 5.91 Å². The fourth-order valence-corrected chi connectivity index (χ4v) is 5.21. The molecule has 1 unspecified atom stereocenters. The van der Waals surface area contributed by atoms with E-state index in [0.29, 0.717) is 16.0 Å². The Bertz CT molecular complexity index is 1480. The zero-order valence-electron chi connectivity index (χ0n) is 20.5. The van der Waals surface area contributed by atoms with Crippen molar-refractivity contribution in [3.8, 4) is 17.1 Å². The molecule has 0 bridgehead atoms. The van der Waals surface area contributed by atoms with Crippen molar-refractivity contribution in [1.82, 2.24) is 14.8 Å². The van der Waals surface area contributed by atoms with Gasteiger partial charge in [0.05, 0.1) is 10.9 Å². The van der Waals surface area contributed by atoms with Crippen LogP contribution in [-0.2, 0) is 4.79 Å². The van der Waals surface area contributed by atoms with Crippen LogP contribution in [0.4, 0.5) is 11.4 Å². The SMILES string of the molecule is Cc1cccc(-c2nnc(SC(C)C(=O)N(c3ccccc3)c3ccccc3)n2-c2cccc(Cl)c2)c1. The van der Waals surface area contributed by atoms with Crippen molar-refractivity contribution in [2.45, 2.75) is 24.3 Å². The van der Waals surface area contributed by atoms with Gasteiger partial charge in [-0.25, -0.2) is 0 Å². The first-order valence-electron chi connectivity index (χ1n) is 11.9. The molecule has 1 heterocycles. The molecule has 1 atom stereocenters. The van der Waals surface area contributed by atoms with Crippen molar-refractivity contribution >= 4 is 40.6 Å². The molecule has 0 N–H and O–H groups in total. The van der Waals surface area contributed by atoms with Crippen molar-refractivity contribution in [1.29, 1.82) is 0 Å². The van der Waals surface area contributed by atoms with Crippen molar-refractivity contribution < 1.29 is 4.79 Å². The summed E-state index contributed by atoms with van der Waals surface area (Å²) in [7, 11) is 0. The standard InChI is InChI=1S/C30H25ClN4OS/c1-21-11-9-12-23(19-21)28-32-33-30(35(28)27-18-10-13-24(31)20-27)37-22(2)29(36)34(25-14-5-3-6-15-25)26-16-7-4-8-17-26/h3-20,22H,1-2H3. The lowest BCUT2D eigenvalue weighted by atomic mass is 10.1. The second-order valence-corrected chi connectivity index (χ2v) is 10.3. The molecule has 5 aromatic rings. The van der Waals surface area contributed by atoms with E-state index in [1.54, 1.807) is 4.90 Å². The average Bonchev–Trinajstić information content (AvgIpc) is 3.33. The molecule has 7 heteroatoms. The maximum Gasteiger partial charge on any atom is 0.244 e. The topological polar surface area (TPSA) is 51.0 Å². The highest BCUT2D eigenvalue weighted by Gasteiger charge is 2.27. The third-order valence-electron chi connectivity index (χ3n) is 5.86. The van der Waals surface area contributed by atoms with Crippen molar-refractivity contribution in [3.05, 3.63) is 120 Å². The lowest BCUT2D eigenvalue weighted by Gasteiger charge is -2.26. The predicted octanol–water partition coefficient (Wildman–Crippen LogP) is 7.74. The monoisotopic (exact) mass is 524 g/mol. The molecule has 0 aliphatic rings. The van der Waals surface area contributed by atoms with Crippen LogP contribution in [0.15, 0.2) is 114 Å². The highest BCUT2D eigenvalue weighted by Crippen LogP contribution is 2.34. The number of anilines is 2. The molecule has 1 amide bonds. The van der Waals surface area contributed by atoms with Crippen molar-refractivity contribution in [2.24, 2.45) is 0 Å². The van der Waals surface area contributed by atoms with Crippen LogP contribution >= 0.6 is 23.4 Å². The van der Waals surface area contributed by atoms with Crippen LogP contribution < -0.4 is 4.90 Å². The van der Waals surface area contributed by atoms with Gasteiger partial charge < -0.3 is 0 Å². The first-order chi connectivity index (χ1) is 18.0. The number of halogens is 1. The number of thioether (sulfide) groups is 1. The van der Waals surface area contributed by atoms with E-state index in [0.717, 1.165) is 28.2 Å². The summed E-state index contributed by atoms with van der Waals surface area (Å²) in [6, 6.07) is 35.0.